The van der Waals surface area contributed by atoms with Crippen LogP contribution in [0.5, 0.6) is 0 Å². The van der Waals surface area contributed by atoms with Crippen LogP contribution < -0.4 is 5.73 Å². The first-order valence-electron chi connectivity index (χ1n) is 6.39. The average molecular weight is 268 g/mol. The van der Waals surface area contributed by atoms with E-state index in [1.54, 1.807) is 11.2 Å². The molecule has 18 heavy (non-hydrogen) atoms. The van der Waals surface area contributed by atoms with Crippen molar-refractivity contribution >= 4 is 15.7 Å². The molecule has 0 amide bonds. The van der Waals surface area contributed by atoms with Crippen LogP contribution in [-0.4, -0.2) is 25.0 Å². The second-order valence-electron chi connectivity index (χ2n) is 4.69. The third kappa shape index (κ3) is 2.67. The second-order valence-corrected chi connectivity index (χ2v) is 6.90. The fourth-order valence-corrected chi connectivity index (χ4v) is 3.86. The van der Waals surface area contributed by atoms with E-state index in [1.165, 1.54) is 0 Å². The average Bonchev–Trinajstić information content (AvgIpc) is 2.39. The molecule has 0 radical (unpaired) electrons. The molecule has 0 spiro atoms. The van der Waals surface area contributed by atoms with Crippen molar-refractivity contribution in [3.63, 3.8) is 0 Å². The smallest absolute Gasteiger partial charge is 0.214 e. The van der Waals surface area contributed by atoms with Gasteiger partial charge in [-0.05, 0) is 37.5 Å². The second kappa shape index (κ2) is 5.28. The molecule has 1 fully saturated rings. The van der Waals surface area contributed by atoms with E-state index in [4.69, 9.17) is 5.73 Å². The van der Waals surface area contributed by atoms with Crippen LogP contribution in [0.15, 0.2) is 24.3 Å². The van der Waals surface area contributed by atoms with Crippen molar-refractivity contribution in [3.8, 4) is 0 Å². The number of nitrogens with zero attached hydrogens (tertiary/aromatic N) is 1. The van der Waals surface area contributed by atoms with E-state index in [1.807, 2.05) is 24.3 Å². The molecule has 4 nitrogen and oxygen atoms in total. The summed E-state index contributed by atoms with van der Waals surface area (Å²) in [6, 6.07) is 7.51. The topological polar surface area (TPSA) is 63.4 Å². The third-order valence-corrected chi connectivity index (χ3v) is 5.35. The molecule has 1 aromatic rings. The van der Waals surface area contributed by atoms with Crippen LogP contribution in [0.3, 0.4) is 0 Å². The number of anilines is 1. The van der Waals surface area contributed by atoms with E-state index >= 15 is 0 Å². The van der Waals surface area contributed by atoms with Gasteiger partial charge < -0.3 is 5.73 Å². The standard InChI is InChI=1S/C13H20N2O2S/c1-2-18(16,17)15-9-4-3-8-13(15)11-6-5-7-12(14)10-11/h5-7,10,13H,2-4,8-9,14H2,1H3. The molecule has 1 heterocycles. The number of piperidine rings is 1. The Balaban J connectivity index is 2.34. The Morgan fingerprint density at radius 1 is 1.39 bits per heavy atom. The predicted molar refractivity (Wildman–Crippen MR) is 73.6 cm³/mol. The molecule has 0 bridgehead atoms. The Kier molecular flexibility index (Phi) is 3.92. The molecule has 2 rings (SSSR count). The zero-order valence-corrected chi connectivity index (χ0v) is 11.5. The van der Waals surface area contributed by atoms with Crippen LogP contribution in [0.4, 0.5) is 5.69 Å². The summed E-state index contributed by atoms with van der Waals surface area (Å²) in [5.41, 5.74) is 7.48. The molecule has 0 aromatic heterocycles. The van der Waals surface area contributed by atoms with Crippen LogP contribution >= 0.6 is 0 Å². The van der Waals surface area contributed by atoms with Crippen molar-refractivity contribution in [1.29, 1.82) is 0 Å². The zero-order chi connectivity index (χ0) is 13.2. The summed E-state index contributed by atoms with van der Waals surface area (Å²) in [6.45, 7) is 2.32. The van der Waals surface area contributed by atoms with Crippen LogP contribution in [0, 0.1) is 0 Å². The van der Waals surface area contributed by atoms with Gasteiger partial charge in [-0.2, -0.15) is 4.31 Å². The molecule has 1 aromatic carbocycles. The van der Waals surface area contributed by atoms with E-state index < -0.39 is 10.0 Å². The number of nitrogens with two attached hydrogens (primary N) is 1. The van der Waals surface area contributed by atoms with E-state index in [-0.39, 0.29) is 11.8 Å². The van der Waals surface area contributed by atoms with Gasteiger partial charge in [-0.1, -0.05) is 18.6 Å². The molecule has 1 aliphatic rings. The molecule has 0 saturated carbocycles. The Hall–Kier alpha value is -1.07. The minimum atomic E-state index is -3.14. The Bertz CT molecular complexity index is 513. The number of sulfonamides is 1. The molecule has 0 aliphatic carbocycles. The monoisotopic (exact) mass is 268 g/mol. The van der Waals surface area contributed by atoms with Crippen molar-refractivity contribution in [2.75, 3.05) is 18.0 Å². The number of benzene rings is 1. The van der Waals surface area contributed by atoms with Gasteiger partial charge in [-0.15, -0.1) is 0 Å². The molecular formula is C13H20N2O2S. The van der Waals surface area contributed by atoms with Gasteiger partial charge in [0.1, 0.15) is 0 Å². The molecule has 1 atom stereocenters. The molecule has 1 aliphatic heterocycles. The highest BCUT2D eigenvalue weighted by Gasteiger charge is 2.31. The molecule has 5 heteroatoms. The quantitative estimate of drug-likeness (QED) is 0.854. The maximum atomic E-state index is 12.1. The SMILES string of the molecule is CCS(=O)(=O)N1CCCCC1c1cccc(N)c1. The molecular weight excluding hydrogens is 248 g/mol. The van der Waals surface area contributed by atoms with Gasteiger partial charge in [0, 0.05) is 18.3 Å². The normalized spacial score (nSPS) is 21.9. The van der Waals surface area contributed by atoms with Crippen LogP contribution in [-0.2, 0) is 10.0 Å². The minimum Gasteiger partial charge on any atom is -0.399 e. The largest absolute Gasteiger partial charge is 0.399 e. The molecule has 1 unspecified atom stereocenters. The summed E-state index contributed by atoms with van der Waals surface area (Å²) < 4.78 is 25.9. The molecule has 100 valence electrons. The van der Waals surface area contributed by atoms with Crippen molar-refractivity contribution in [3.05, 3.63) is 29.8 Å². The number of hydrogen-bond acceptors (Lipinski definition) is 3. The van der Waals surface area contributed by atoms with Gasteiger partial charge in [-0.25, -0.2) is 8.42 Å². The van der Waals surface area contributed by atoms with Gasteiger partial charge in [0.05, 0.1) is 5.75 Å². The Labute approximate surface area is 109 Å². The van der Waals surface area contributed by atoms with Gasteiger partial charge in [0.25, 0.3) is 0 Å². The van der Waals surface area contributed by atoms with E-state index in [0.29, 0.717) is 12.2 Å². The van der Waals surface area contributed by atoms with Crippen molar-refractivity contribution in [2.45, 2.75) is 32.2 Å². The Morgan fingerprint density at radius 3 is 2.83 bits per heavy atom. The van der Waals surface area contributed by atoms with Crippen molar-refractivity contribution < 1.29 is 8.42 Å². The van der Waals surface area contributed by atoms with Crippen LogP contribution in [0.25, 0.3) is 0 Å². The molecule has 2 N–H and O–H groups in total. The van der Waals surface area contributed by atoms with Crippen molar-refractivity contribution in [2.24, 2.45) is 0 Å². The lowest BCUT2D eigenvalue weighted by atomic mass is 9.97. The molecule has 1 saturated heterocycles. The lowest BCUT2D eigenvalue weighted by Gasteiger charge is -2.34. The summed E-state index contributed by atoms with van der Waals surface area (Å²) in [5.74, 6) is 0.159. The first-order chi connectivity index (χ1) is 8.54. The first kappa shape index (κ1) is 13.4. The number of rotatable bonds is 3. The third-order valence-electron chi connectivity index (χ3n) is 3.47. The summed E-state index contributed by atoms with van der Waals surface area (Å²) in [6.07, 6.45) is 2.88. The fraction of sp³-hybridized carbons (Fsp3) is 0.538. The minimum absolute atomic E-state index is 0.0489. The van der Waals surface area contributed by atoms with Crippen molar-refractivity contribution in [1.82, 2.24) is 4.31 Å². The Morgan fingerprint density at radius 2 is 2.17 bits per heavy atom. The lowest BCUT2D eigenvalue weighted by molar-refractivity contribution is 0.256. The van der Waals surface area contributed by atoms with Gasteiger partial charge >= 0.3 is 0 Å². The summed E-state index contributed by atoms with van der Waals surface area (Å²) in [5, 5.41) is 0. The lowest BCUT2D eigenvalue weighted by Crippen LogP contribution is -2.39. The number of nitrogen functional groups attached to an aromatic ring is 1. The highest BCUT2D eigenvalue weighted by atomic mass is 32.2. The fourth-order valence-electron chi connectivity index (χ4n) is 2.50. The van der Waals surface area contributed by atoms with E-state index in [9.17, 15) is 8.42 Å². The summed E-state index contributed by atoms with van der Waals surface area (Å²) >= 11 is 0. The highest BCUT2D eigenvalue weighted by molar-refractivity contribution is 7.89. The van der Waals surface area contributed by atoms with E-state index in [0.717, 1.165) is 24.8 Å². The maximum Gasteiger partial charge on any atom is 0.214 e. The van der Waals surface area contributed by atoms with Crippen LogP contribution in [0.2, 0.25) is 0 Å². The highest BCUT2D eigenvalue weighted by Crippen LogP contribution is 2.33. The summed E-state index contributed by atoms with van der Waals surface area (Å²) in [7, 11) is -3.14. The van der Waals surface area contributed by atoms with Gasteiger partial charge in [0.15, 0.2) is 0 Å². The van der Waals surface area contributed by atoms with E-state index in [2.05, 4.69) is 0 Å². The predicted octanol–water partition coefficient (Wildman–Crippen LogP) is 2.15. The van der Waals surface area contributed by atoms with Crippen LogP contribution in [0.1, 0.15) is 37.8 Å². The zero-order valence-electron chi connectivity index (χ0n) is 10.7. The first-order valence-corrected chi connectivity index (χ1v) is 8.00. The van der Waals surface area contributed by atoms with Gasteiger partial charge in [0.2, 0.25) is 10.0 Å². The number of hydrogen-bond donors (Lipinski definition) is 1. The maximum absolute atomic E-state index is 12.1. The van der Waals surface area contributed by atoms with Gasteiger partial charge in [-0.3, -0.25) is 0 Å². The summed E-state index contributed by atoms with van der Waals surface area (Å²) in [4.78, 5) is 0.